The third-order valence-electron chi connectivity index (χ3n) is 4.27. The number of rotatable bonds is 2. The van der Waals surface area contributed by atoms with E-state index in [2.05, 4.69) is 10.8 Å². The van der Waals surface area contributed by atoms with Gasteiger partial charge in [0, 0.05) is 17.7 Å². The Morgan fingerprint density at radius 3 is 2.15 bits per heavy atom. The highest BCUT2D eigenvalue weighted by Gasteiger charge is 2.24. The van der Waals surface area contributed by atoms with Crippen molar-refractivity contribution in [3.63, 3.8) is 0 Å². The van der Waals surface area contributed by atoms with Crippen LogP contribution < -0.4 is 8.91 Å². The van der Waals surface area contributed by atoms with Crippen molar-refractivity contribution >= 4 is 10.3 Å². The number of benzene rings is 3. The highest BCUT2D eigenvalue weighted by Crippen LogP contribution is 2.36. The second kappa shape index (κ2) is 6.30. The largest absolute Gasteiger partial charge is 0.382 e. The second-order valence-corrected chi connectivity index (χ2v) is 7.28. The van der Waals surface area contributed by atoms with Crippen molar-refractivity contribution in [3.8, 4) is 34.1 Å². The molecule has 1 N–H and O–H groups in total. The third-order valence-corrected chi connectivity index (χ3v) is 5.16. The molecule has 1 aliphatic rings. The summed E-state index contributed by atoms with van der Waals surface area (Å²) in [5.74, 6) is 0.373. The summed E-state index contributed by atoms with van der Waals surface area (Å²) in [6, 6.07) is 22.8. The van der Waals surface area contributed by atoms with Crippen molar-refractivity contribution in [2.75, 3.05) is 0 Å². The van der Waals surface area contributed by atoms with E-state index in [1.165, 1.54) is 0 Å². The van der Waals surface area contributed by atoms with Crippen LogP contribution in [0.4, 0.5) is 0 Å². The molecule has 128 valence electrons. The van der Waals surface area contributed by atoms with Gasteiger partial charge in [-0.3, -0.25) is 0 Å². The van der Waals surface area contributed by atoms with E-state index in [1.54, 1.807) is 12.1 Å². The van der Waals surface area contributed by atoms with Crippen LogP contribution in [0.1, 0.15) is 11.1 Å². The molecule has 0 bridgehead atoms. The first-order valence-electron chi connectivity index (χ1n) is 7.98. The maximum atomic E-state index is 11.7. The Bertz CT molecular complexity index is 1110. The van der Waals surface area contributed by atoms with Gasteiger partial charge in [-0.1, -0.05) is 54.6 Å². The fourth-order valence-corrected chi connectivity index (χ4v) is 3.74. The van der Waals surface area contributed by atoms with E-state index in [0.29, 0.717) is 11.3 Å². The summed E-state index contributed by atoms with van der Waals surface area (Å²) in [4.78, 5) is 0. The van der Waals surface area contributed by atoms with E-state index in [-0.39, 0.29) is 6.54 Å². The molecule has 26 heavy (non-hydrogen) atoms. The topological polar surface area (TPSA) is 79.2 Å². The summed E-state index contributed by atoms with van der Waals surface area (Å²) in [5, 5.41) is 8.89. The third kappa shape index (κ3) is 3.06. The molecule has 6 heteroatoms. The van der Waals surface area contributed by atoms with Crippen LogP contribution in [0, 0.1) is 11.3 Å². The van der Waals surface area contributed by atoms with Gasteiger partial charge in [-0.05, 0) is 28.8 Å². The maximum absolute atomic E-state index is 11.7. The van der Waals surface area contributed by atoms with Crippen molar-refractivity contribution in [1.29, 1.82) is 5.26 Å². The Balaban J connectivity index is 1.71. The number of nitrogens with one attached hydrogen (secondary N) is 1. The summed E-state index contributed by atoms with van der Waals surface area (Å²) >= 11 is 0. The van der Waals surface area contributed by atoms with Crippen LogP contribution in [-0.2, 0) is 16.8 Å². The molecule has 3 aromatic carbocycles. The molecule has 4 rings (SSSR count). The molecule has 0 saturated heterocycles. The van der Waals surface area contributed by atoms with Crippen molar-refractivity contribution in [1.82, 2.24) is 4.72 Å². The molecular weight excluding hydrogens is 348 g/mol. The Kier molecular flexibility index (Phi) is 3.96. The number of para-hydroxylation sites is 1. The van der Waals surface area contributed by atoms with Gasteiger partial charge < -0.3 is 4.18 Å². The highest BCUT2D eigenvalue weighted by molar-refractivity contribution is 7.85. The van der Waals surface area contributed by atoms with Gasteiger partial charge >= 0.3 is 10.3 Å². The molecule has 1 aliphatic heterocycles. The zero-order valence-corrected chi connectivity index (χ0v) is 14.5. The van der Waals surface area contributed by atoms with E-state index in [4.69, 9.17) is 9.44 Å². The van der Waals surface area contributed by atoms with Crippen molar-refractivity contribution < 1.29 is 12.6 Å². The number of hydrogen-bond acceptors (Lipinski definition) is 4. The van der Waals surface area contributed by atoms with E-state index in [0.717, 1.165) is 27.8 Å². The quantitative estimate of drug-likeness (QED) is 0.755. The van der Waals surface area contributed by atoms with Gasteiger partial charge in [0.05, 0.1) is 11.6 Å². The van der Waals surface area contributed by atoms with Crippen LogP contribution in [0.15, 0.2) is 66.7 Å². The molecule has 0 aliphatic carbocycles. The van der Waals surface area contributed by atoms with Gasteiger partial charge in [0.15, 0.2) is 5.75 Å². The number of nitriles is 1. The number of nitrogens with zero attached hydrogens (tertiary/aromatic N) is 1. The lowest BCUT2D eigenvalue weighted by molar-refractivity contribution is 0.454. The molecule has 0 saturated carbocycles. The van der Waals surface area contributed by atoms with E-state index in [1.807, 2.05) is 54.6 Å². The van der Waals surface area contributed by atoms with Crippen LogP contribution in [0.2, 0.25) is 0 Å². The Morgan fingerprint density at radius 2 is 1.50 bits per heavy atom. The second-order valence-electron chi connectivity index (χ2n) is 5.92. The minimum absolute atomic E-state index is 0.217. The van der Waals surface area contributed by atoms with Crippen molar-refractivity contribution in [2.45, 2.75) is 6.54 Å². The average molecular weight is 362 g/mol. The van der Waals surface area contributed by atoms with Gasteiger partial charge in [0.2, 0.25) is 0 Å². The predicted octanol–water partition coefficient (Wildman–Crippen LogP) is 3.62. The minimum atomic E-state index is -3.76. The lowest BCUT2D eigenvalue weighted by Crippen LogP contribution is -2.32. The molecule has 3 aromatic rings. The first-order chi connectivity index (χ1) is 12.6. The fourth-order valence-electron chi connectivity index (χ4n) is 2.93. The SMILES string of the molecule is N#Cc1ccc(-c2ccc(-c3cccc4c3OS(=O)(=O)NC4)cc2)cc1. The highest BCUT2D eigenvalue weighted by atomic mass is 32.2. The summed E-state index contributed by atoms with van der Waals surface area (Å²) in [7, 11) is -3.76. The van der Waals surface area contributed by atoms with Crippen LogP contribution in [0.3, 0.4) is 0 Å². The monoisotopic (exact) mass is 362 g/mol. The smallest absolute Gasteiger partial charge is 0.370 e. The lowest BCUT2D eigenvalue weighted by atomic mass is 9.98. The van der Waals surface area contributed by atoms with E-state index < -0.39 is 10.3 Å². The Morgan fingerprint density at radius 1 is 0.885 bits per heavy atom. The summed E-state index contributed by atoms with van der Waals surface area (Å²) in [6.45, 7) is 0.217. The van der Waals surface area contributed by atoms with Crippen molar-refractivity contribution in [2.24, 2.45) is 0 Å². The lowest BCUT2D eigenvalue weighted by Gasteiger charge is -2.20. The number of hydrogen-bond donors (Lipinski definition) is 1. The number of fused-ring (bicyclic) bond motifs is 1. The average Bonchev–Trinajstić information content (AvgIpc) is 2.67. The summed E-state index contributed by atoms with van der Waals surface area (Å²) in [6.07, 6.45) is 0. The molecular formula is C20H14N2O3S. The normalized spacial score (nSPS) is 14.7. The van der Waals surface area contributed by atoms with Gasteiger partial charge in [0.1, 0.15) is 0 Å². The van der Waals surface area contributed by atoms with Gasteiger partial charge in [-0.2, -0.15) is 18.4 Å². The zero-order chi connectivity index (χ0) is 18.1. The fraction of sp³-hybridized carbons (Fsp3) is 0.0500. The van der Waals surface area contributed by atoms with E-state index in [9.17, 15) is 8.42 Å². The first kappa shape index (κ1) is 16.3. The Hall–Kier alpha value is -3.14. The first-order valence-corrected chi connectivity index (χ1v) is 9.38. The van der Waals surface area contributed by atoms with Crippen LogP contribution in [-0.4, -0.2) is 8.42 Å². The molecule has 0 radical (unpaired) electrons. The molecule has 0 amide bonds. The van der Waals surface area contributed by atoms with Crippen LogP contribution >= 0.6 is 0 Å². The molecule has 0 aromatic heterocycles. The maximum Gasteiger partial charge on any atom is 0.382 e. The molecule has 0 atom stereocenters. The zero-order valence-electron chi connectivity index (χ0n) is 13.6. The summed E-state index contributed by atoms with van der Waals surface area (Å²) in [5.41, 5.74) is 5.05. The Labute approximate surface area is 151 Å². The van der Waals surface area contributed by atoms with Crippen LogP contribution in [0.25, 0.3) is 22.3 Å². The van der Waals surface area contributed by atoms with E-state index >= 15 is 0 Å². The molecule has 0 fully saturated rings. The molecule has 1 heterocycles. The predicted molar refractivity (Wildman–Crippen MR) is 98.4 cm³/mol. The van der Waals surface area contributed by atoms with Gasteiger partial charge in [-0.25, -0.2) is 0 Å². The molecule has 0 unspecified atom stereocenters. The molecule has 0 spiro atoms. The van der Waals surface area contributed by atoms with Crippen molar-refractivity contribution in [3.05, 3.63) is 77.9 Å². The van der Waals surface area contributed by atoms with Gasteiger partial charge in [0.25, 0.3) is 0 Å². The summed E-state index contributed by atoms with van der Waals surface area (Å²) < 4.78 is 31.0. The minimum Gasteiger partial charge on any atom is -0.370 e. The van der Waals surface area contributed by atoms with Crippen LogP contribution in [0.5, 0.6) is 5.75 Å². The molecule has 5 nitrogen and oxygen atoms in total. The standard InChI is InChI=1S/C20H14N2O3S/c21-12-14-4-6-15(7-5-14)16-8-10-17(11-9-16)19-3-1-2-18-13-22-26(23,24)25-20(18)19/h1-11,22H,13H2. The van der Waals surface area contributed by atoms with Gasteiger partial charge in [-0.15, -0.1) is 0 Å².